The van der Waals surface area contributed by atoms with Gasteiger partial charge in [-0.25, -0.2) is 4.98 Å². The van der Waals surface area contributed by atoms with Crippen LogP contribution in [-0.4, -0.2) is 14.7 Å². The molecule has 21 heavy (non-hydrogen) atoms. The maximum atomic E-state index is 10.8. The molecule has 2 aromatic carbocycles. The predicted octanol–water partition coefficient (Wildman–Crippen LogP) is 3.56. The van der Waals surface area contributed by atoms with Gasteiger partial charge in [0.1, 0.15) is 5.60 Å². The summed E-state index contributed by atoms with van der Waals surface area (Å²) in [5.74, 6) is 0. The van der Waals surface area contributed by atoms with Crippen molar-refractivity contribution >= 4 is 11.0 Å². The molecule has 3 aromatic rings. The van der Waals surface area contributed by atoms with Crippen LogP contribution in [-0.2, 0) is 12.1 Å². The zero-order valence-corrected chi connectivity index (χ0v) is 12.7. The number of hydrogen-bond acceptors (Lipinski definition) is 2. The summed E-state index contributed by atoms with van der Waals surface area (Å²) in [6.07, 6.45) is 1.81. The van der Waals surface area contributed by atoms with E-state index < -0.39 is 5.60 Å². The van der Waals surface area contributed by atoms with Crippen LogP contribution < -0.4 is 0 Å². The van der Waals surface area contributed by atoms with E-state index in [0.717, 1.165) is 16.6 Å². The molecule has 0 aliphatic heterocycles. The number of imidazole rings is 1. The van der Waals surface area contributed by atoms with E-state index in [1.807, 2.05) is 41.8 Å². The van der Waals surface area contributed by atoms with Crippen molar-refractivity contribution in [1.29, 1.82) is 0 Å². The van der Waals surface area contributed by atoms with Crippen LogP contribution in [0.4, 0.5) is 0 Å². The fraction of sp³-hybridized carbons (Fsp3) is 0.278. The van der Waals surface area contributed by atoms with Gasteiger partial charge in [0, 0.05) is 0 Å². The summed E-state index contributed by atoms with van der Waals surface area (Å²) in [7, 11) is 0. The Hall–Kier alpha value is -2.13. The van der Waals surface area contributed by atoms with Crippen molar-refractivity contribution in [2.75, 3.05) is 0 Å². The lowest BCUT2D eigenvalue weighted by Crippen LogP contribution is -2.27. The molecule has 0 bridgehead atoms. The lowest BCUT2D eigenvalue weighted by molar-refractivity contribution is 0.0394. The summed E-state index contributed by atoms with van der Waals surface area (Å²) in [4.78, 5) is 4.45. The predicted molar refractivity (Wildman–Crippen MR) is 85.2 cm³/mol. The van der Waals surface area contributed by atoms with Crippen molar-refractivity contribution in [1.82, 2.24) is 9.55 Å². The average Bonchev–Trinajstić information content (AvgIpc) is 2.82. The SMILES string of the molecule is Cc1cc2ncn(CC(C)(O)c3ccccc3)c2cc1C. The zero-order chi connectivity index (χ0) is 15.0. The molecular formula is C18H20N2O. The normalized spacial score (nSPS) is 14.3. The monoisotopic (exact) mass is 280 g/mol. The highest BCUT2D eigenvalue weighted by atomic mass is 16.3. The number of aryl methyl sites for hydroxylation is 2. The van der Waals surface area contributed by atoms with Crippen molar-refractivity contribution in [2.24, 2.45) is 0 Å². The molecule has 1 heterocycles. The first-order valence-electron chi connectivity index (χ1n) is 7.17. The van der Waals surface area contributed by atoms with E-state index in [4.69, 9.17) is 0 Å². The molecule has 0 aliphatic carbocycles. The summed E-state index contributed by atoms with van der Waals surface area (Å²) in [6, 6.07) is 14.0. The van der Waals surface area contributed by atoms with Gasteiger partial charge in [0.25, 0.3) is 0 Å². The number of aromatic nitrogens is 2. The van der Waals surface area contributed by atoms with Crippen molar-refractivity contribution in [2.45, 2.75) is 32.9 Å². The lowest BCUT2D eigenvalue weighted by atomic mass is 9.96. The molecule has 1 N–H and O–H groups in total. The highest BCUT2D eigenvalue weighted by molar-refractivity contribution is 5.77. The Balaban J connectivity index is 2.00. The van der Waals surface area contributed by atoms with E-state index in [2.05, 4.69) is 31.0 Å². The van der Waals surface area contributed by atoms with Crippen LogP contribution in [0.25, 0.3) is 11.0 Å². The molecule has 0 spiro atoms. The minimum Gasteiger partial charge on any atom is -0.384 e. The lowest BCUT2D eigenvalue weighted by Gasteiger charge is -2.24. The molecule has 0 saturated heterocycles. The first kappa shape index (κ1) is 13.8. The zero-order valence-electron chi connectivity index (χ0n) is 12.7. The van der Waals surface area contributed by atoms with E-state index in [1.165, 1.54) is 11.1 Å². The van der Waals surface area contributed by atoms with E-state index >= 15 is 0 Å². The Morgan fingerprint density at radius 2 is 1.76 bits per heavy atom. The van der Waals surface area contributed by atoms with Crippen LogP contribution in [0.2, 0.25) is 0 Å². The van der Waals surface area contributed by atoms with Crippen LogP contribution in [0, 0.1) is 13.8 Å². The number of nitrogens with zero attached hydrogens (tertiary/aromatic N) is 2. The molecule has 0 fully saturated rings. The topological polar surface area (TPSA) is 38.0 Å². The minimum atomic E-state index is -0.923. The van der Waals surface area contributed by atoms with Gasteiger partial charge < -0.3 is 9.67 Å². The Morgan fingerprint density at radius 3 is 2.48 bits per heavy atom. The number of benzene rings is 2. The highest BCUT2D eigenvalue weighted by Crippen LogP contribution is 2.25. The molecule has 1 aromatic heterocycles. The first-order chi connectivity index (χ1) is 9.97. The van der Waals surface area contributed by atoms with Gasteiger partial charge in [-0.05, 0) is 49.6 Å². The third-order valence-corrected chi connectivity index (χ3v) is 4.11. The Kier molecular flexibility index (Phi) is 3.30. The van der Waals surface area contributed by atoms with Crippen LogP contribution in [0.1, 0.15) is 23.6 Å². The fourth-order valence-electron chi connectivity index (χ4n) is 2.66. The third-order valence-electron chi connectivity index (χ3n) is 4.11. The van der Waals surface area contributed by atoms with Gasteiger partial charge in [0.05, 0.1) is 23.9 Å². The molecule has 1 atom stereocenters. The van der Waals surface area contributed by atoms with E-state index in [-0.39, 0.29) is 0 Å². The quantitative estimate of drug-likeness (QED) is 0.796. The second kappa shape index (κ2) is 5.01. The molecule has 3 nitrogen and oxygen atoms in total. The second-order valence-electron chi connectivity index (χ2n) is 5.94. The minimum absolute atomic E-state index is 0.482. The van der Waals surface area contributed by atoms with Gasteiger partial charge in [-0.2, -0.15) is 0 Å². The molecule has 0 radical (unpaired) electrons. The van der Waals surface area contributed by atoms with Gasteiger partial charge in [-0.1, -0.05) is 30.3 Å². The average molecular weight is 280 g/mol. The number of fused-ring (bicyclic) bond motifs is 1. The van der Waals surface area contributed by atoms with Gasteiger partial charge in [-0.3, -0.25) is 0 Å². The molecule has 1 unspecified atom stereocenters. The number of rotatable bonds is 3. The summed E-state index contributed by atoms with van der Waals surface area (Å²) < 4.78 is 2.02. The molecule has 108 valence electrons. The number of aliphatic hydroxyl groups is 1. The Labute approximate surface area is 124 Å². The standard InChI is InChI=1S/C18H20N2O/c1-13-9-16-17(10-14(13)2)20(12-19-16)11-18(3,21)15-7-5-4-6-8-15/h4-10,12,21H,11H2,1-3H3. The molecule has 3 heteroatoms. The fourth-order valence-corrected chi connectivity index (χ4v) is 2.66. The van der Waals surface area contributed by atoms with Gasteiger partial charge >= 0.3 is 0 Å². The Bertz CT molecular complexity index is 773. The highest BCUT2D eigenvalue weighted by Gasteiger charge is 2.24. The summed E-state index contributed by atoms with van der Waals surface area (Å²) >= 11 is 0. The van der Waals surface area contributed by atoms with Crippen molar-refractivity contribution in [3.8, 4) is 0 Å². The largest absolute Gasteiger partial charge is 0.384 e. The summed E-state index contributed by atoms with van der Waals surface area (Å²) in [5, 5.41) is 10.8. The maximum absolute atomic E-state index is 10.8. The van der Waals surface area contributed by atoms with Crippen LogP contribution >= 0.6 is 0 Å². The summed E-state index contributed by atoms with van der Waals surface area (Å²) in [5.41, 5.74) is 4.51. The van der Waals surface area contributed by atoms with Gasteiger partial charge in [0.2, 0.25) is 0 Å². The van der Waals surface area contributed by atoms with E-state index in [0.29, 0.717) is 6.54 Å². The second-order valence-corrected chi connectivity index (χ2v) is 5.94. The molecular weight excluding hydrogens is 260 g/mol. The van der Waals surface area contributed by atoms with E-state index in [1.54, 1.807) is 6.33 Å². The third kappa shape index (κ3) is 2.57. The van der Waals surface area contributed by atoms with Crippen molar-refractivity contribution < 1.29 is 5.11 Å². The molecule has 0 aliphatic rings. The van der Waals surface area contributed by atoms with Crippen molar-refractivity contribution in [3.05, 3.63) is 65.5 Å². The van der Waals surface area contributed by atoms with E-state index in [9.17, 15) is 5.11 Å². The van der Waals surface area contributed by atoms with Gasteiger partial charge in [-0.15, -0.1) is 0 Å². The number of hydrogen-bond donors (Lipinski definition) is 1. The van der Waals surface area contributed by atoms with Crippen LogP contribution in [0.5, 0.6) is 0 Å². The Morgan fingerprint density at radius 1 is 1.10 bits per heavy atom. The maximum Gasteiger partial charge on any atom is 0.105 e. The molecule has 3 rings (SSSR count). The smallest absolute Gasteiger partial charge is 0.105 e. The summed E-state index contributed by atoms with van der Waals surface area (Å²) in [6.45, 7) is 6.51. The van der Waals surface area contributed by atoms with Crippen molar-refractivity contribution in [3.63, 3.8) is 0 Å². The molecule has 0 amide bonds. The first-order valence-corrected chi connectivity index (χ1v) is 7.17. The van der Waals surface area contributed by atoms with Gasteiger partial charge in [0.15, 0.2) is 0 Å². The van der Waals surface area contributed by atoms with Crippen LogP contribution in [0.15, 0.2) is 48.8 Å². The molecule has 0 saturated carbocycles. The van der Waals surface area contributed by atoms with Crippen LogP contribution in [0.3, 0.4) is 0 Å².